The van der Waals surface area contributed by atoms with Crippen LogP contribution in [0.2, 0.25) is 0 Å². The molecule has 0 radical (unpaired) electrons. The van der Waals surface area contributed by atoms with Gasteiger partial charge in [-0.05, 0) is 25.1 Å². The highest BCUT2D eigenvalue weighted by Crippen LogP contribution is 2.21. The summed E-state index contributed by atoms with van der Waals surface area (Å²) >= 11 is 0. The standard InChI is InChI=1S/C17H15N3O3/c1-11-14(20-17(23-11)12-5-3-2-4-6-12)10-16(22)19-13-7-8-18-15(21)9-13/h2-9H,10H2,1H3,(H2,18,19,21,22). The van der Waals surface area contributed by atoms with Crippen LogP contribution in [0.4, 0.5) is 5.69 Å². The number of nitrogens with zero attached hydrogens (tertiary/aromatic N) is 1. The number of aromatic amines is 1. The summed E-state index contributed by atoms with van der Waals surface area (Å²) in [6.07, 6.45) is 1.56. The molecular weight excluding hydrogens is 294 g/mol. The average molecular weight is 309 g/mol. The van der Waals surface area contributed by atoms with E-state index in [1.165, 1.54) is 12.3 Å². The molecule has 0 aliphatic carbocycles. The maximum atomic E-state index is 12.1. The fourth-order valence-electron chi connectivity index (χ4n) is 2.18. The van der Waals surface area contributed by atoms with Crippen molar-refractivity contribution in [1.82, 2.24) is 9.97 Å². The first-order chi connectivity index (χ1) is 11.1. The lowest BCUT2D eigenvalue weighted by atomic mass is 10.2. The molecule has 3 aromatic rings. The molecule has 3 rings (SSSR count). The SMILES string of the molecule is Cc1oc(-c2ccccc2)nc1CC(=O)Nc1cc[nH]c(=O)c1. The molecule has 2 aromatic heterocycles. The van der Waals surface area contributed by atoms with Gasteiger partial charge in [0.15, 0.2) is 0 Å². The summed E-state index contributed by atoms with van der Waals surface area (Å²) < 4.78 is 5.62. The van der Waals surface area contributed by atoms with E-state index >= 15 is 0 Å². The molecule has 23 heavy (non-hydrogen) atoms. The van der Waals surface area contributed by atoms with Gasteiger partial charge in [0, 0.05) is 23.5 Å². The van der Waals surface area contributed by atoms with E-state index in [9.17, 15) is 9.59 Å². The Balaban J connectivity index is 1.74. The van der Waals surface area contributed by atoms with Crippen LogP contribution in [-0.4, -0.2) is 15.9 Å². The molecule has 0 saturated carbocycles. The van der Waals surface area contributed by atoms with Gasteiger partial charge in [0.05, 0.1) is 12.1 Å². The van der Waals surface area contributed by atoms with Crippen LogP contribution in [0.3, 0.4) is 0 Å². The van der Waals surface area contributed by atoms with Crippen molar-refractivity contribution in [2.24, 2.45) is 0 Å². The van der Waals surface area contributed by atoms with Gasteiger partial charge in [-0.2, -0.15) is 0 Å². The number of nitrogens with one attached hydrogen (secondary N) is 2. The number of oxazole rings is 1. The Kier molecular flexibility index (Phi) is 4.05. The molecule has 2 heterocycles. The summed E-state index contributed by atoms with van der Waals surface area (Å²) in [6.45, 7) is 1.77. The maximum absolute atomic E-state index is 12.1. The first kappa shape index (κ1) is 14.8. The van der Waals surface area contributed by atoms with Crippen molar-refractivity contribution >= 4 is 11.6 Å². The number of aromatic nitrogens is 2. The summed E-state index contributed by atoms with van der Waals surface area (Å²) in [7, 11) is 0. The van der Waals surface area contributed by atoms with Crippen molar-refractivity contribution in [3.05, 3.63) is 70.5 Å². The van der Waals surface area contributed by atoms with E-state index < -0.39 is 0 Å². The predicted molar refractivity (Wildman–Crippen MR) is 86.1 cm³/mol. The van der Waals surface area contributed by atoms with E-state index in [1.807, 2.05) is 30.3 Å². The fourth-order valence-corrected chi connectivity index (χ4v) is 2.18. The average Bonchev–Trinajstić information content (AvgIpc) is 2.89. The van der Waals surface area contributed by atoms with E-state index in [-0.39, 0.29) is 17.9 Å². The molecule has 1 aromatic carbocycles. The molecular formula is C17H15N3O3. The number of hydrogen-bond acceptors (Lipinski definition) is 4. The minimum atomic E-state index is -0.271. The number of carbonyl (C=O) groups is 1. The number of aryl methyl sites for hydroxylation is 1. The Morgan fingerprint density at radius 2 is 2.04 bits per heavy atom. The molecule has 2 N–H and O–H groups in total. The number of H-pyrrole nitrogens is 1. The Morgan fingerprint density at radius 3 is 2.78 bits per heavy atom. The van der Waals surface area contributed by atoms with Crippen molar-refractivity contribution in [2.75, 3.05) is 5.32 Å². The van der Waals surface area contributed by atoms with Crippen molar-refractivity contribution < 1.29 is 9.21 Å². The molecule has 0 fully saturated rings. The lowest BCUT2D eigenvalue weighted by Gasteiger charge is -2.02. The summed E-state index contributed by atoms with van der Waals surface area (Å²) in [4.78, 5) is 30.2. The second-order valence-corrected chi connectivity index (χ2v) is 5.05. The lowest BCUT2D eigenvalue weighted by molar-refractivity contribution is -0.115. The Labute approximate surface area is 132 Å². The molecule has 6 nitrogen and oxygen atoms in total. The maximum Gasteiger partial charge on any atom is 0.249 e. The summed E-state index contributed by atoms with van der Waals surface area (Å²) in [6, 6.07) is 12.4. The van der Waals surface area contributed by atoms with Crippen LogP contribution in [0, 0.1) is 6.92 Å². The van der Waals surface area contributed by atoms with Crippen LogP contribution < -0.4 is 10.9 Å². The van der Waals surface area contributed by atoms with Gasteiger partial charge in [-0.1, -0.05) is 18.2 Å². The lowest BCUT2D eigenvalue weighted by Crippen LogP contribution is -2.16. The minimum absolute atomic E-state index is 0.0783. The van der Waals surface area contributed by atoms with E-state index in [0.717, 1.165) is 5.56 Å². The number of anilines is 1. The van der Waals surface area contributed by atoms with E-state index in [1.54, 1.807) is 13.0 Å². The van der Waals surface area contributed by atoms with Crippen molar-refractivity contribution in [2.45, 2.75) is 13.3 Å². The first-order valence-electron chi connectivity index (χ1n) is 7.12. The smallest absolute Gasteiger partial charge is 0.249 e. The Morgan fingerprint density at radius 1 is 1.26 bits per heavy atom. The zero-order valence-electron chi connectivity index (χ0n) is 12.5. The van der Waals surface area contributed by atoms with Crippen molar-refractivity contribution in [1.29, 1.82) is 0 Å². The van der Waals surface area contributed by atoms with E-state index in [2.05, 4.69) is 15.3 Å². The van der Waals surface area contributed by atoms with Crippen LogP contribution in [0.25, 0.3) is 11.5 Å². The predicted octanol–water partition coefficient (Wildman–Crippen LogP) is 2.52. The second-order valence-electron chi connectivity index (χ2n) is 5.05. The third kappa shape index (κ3) is 3.55. The second kappa shape index (κ2) is 6.31. The zero-order chi connectivity index (χ0) is 16.2. The van der Waals surface area contributed by atoms with Gasteiger partial charge in [-0.3, -0.25) is 9.59 Å². The van der Waals surface area contributed by atoms with Crippen LogP contribution in [0.5, 0.6) is 0 Å². The molecule has 0 bridgehead atoms. The van der Waals surface area contributed by atoms with Gasteiger partial charge in [0.1, 0.15) is 5.76 Å². The molecule has 0 unspecified atom stereocenters. The normalized spacial score (nSPS) is 10.5. The Bertz CT molecular complexity index is 881. The van der Waals surface area contributed by atoms with Gasteiger partial charge in [-0.25, -0.2) is 4.98 Å². The van der Waals surface area contributed by atoms with Crippen LogP contribution in [0.15, 0.2) is 57.9 Å². The van der Waals surface area contributed by atoms with Gasteiger partial charge in [0.2, 0.25) is 17.4 Å². The van der Waals surface area contributed by atoms with Gasteiger partial charge in [0.25, 0.3) is 0 Å². The highest BCUT2D eigenvalue weighted by atomic mass is 16.4. The molecule has 0 spiro atoms. The molecule has 0 aliphatic rings. The first-order valence-corrected chi connectivity index (χ1v) is 7.12. The van der Waals surface area contributed by atoms with E-state index in [4.69, 9.17) is 4.42 Å². The summed E-state index contributed by atoms with van der Waals surface area (Å²) in [5.74, 6) is 0.832. The summed E-state index contributed by atoms with van der Waals surface area (Å²) in [5.41, 5.74) is 1.61. The van der Waals surface area contributed by atoms with E-state index in [0.29, 0.717) is 23.0 Å². The quantitative estimate of drug-likeness (QED) is 0.775. The minimum Gasteiger partial charge on any atom is -0.441 e. The zero-order valence-corrected chi connectivity index (χ0v) is 12.5. The van der Waals surface area contributed by atoms with Gasteiger partial charge < -0.3 is 14.7 Å². The topological polar surface area (TPSA) is 88.0 Å². The number of benzene rings is 1. The molecule has 0 aliphatic heterocycles. The molecule has 116 valence electrons. The summed E-state index contributed by atoms with van der Waals surface area (Å²) in [5, 5.41) is 2.67. The number of amides is 1. The van der Waals surface area contributed by atoms with Crippen molar-refractivity contribution in [3.63, 3.8) is 0 Å². The molecule has 0 atom stereocenters. The molecule has 6 heteroatoms. The fraction of sp³-hybridized carbons (Fsp3) is 0.118. The number of hydrogen-bond donors (Lipinski definition) is 2. The number of pyridine rings is 1. The number of carbonyl (C=O) groups excluding carboxylic acids is 1. The van der Waals surface area contributed by atoms with Crippen molar-refractivity contribution in [3.8, 4) is 11.5 Å². The van der Waals surface area contributed by atoms with Gasteiger partial charge >= 0.3 is 0 Å². The van der Waals surface area contributed by atoms with Crippen LogP contribution >= 0.6 is 0 Å². The highest BCUT2D eigenvalue weighted by molar-refractivity contribution is 5.92. The largest absolute Gasteiger partial charge is 0.441 e. The third-order valence-electron chi connectivity index (χ3n) is 3.30. The molecule has 0 saturated heterocycles. The molecule has 1 amide bonds. The van der Waals surface area contributed by atoms with Gasteiger partial charge in [-0.15, -0.1) is 0 Å². The third-order valence-corrected chi connectivity index (χ3v) is 3.30. The highest BCUT2D eigenvalue weighted by Gasteiger charge is 2.14. The number of rotatable bonds is 4. The van der Waals surface area contributed by atoms with Crippen LogP contribution in [-0.2, 0) is 11.2 Å². The van der Waals surface area contributed by atoms with Crippen LogP contribution in [0.1, 0.15) is 11.5 Å². The monoisotopic (exact) mass is 309 g/mol. The Hall–Kier alpha value is -3.15.